The van der Waals surface area contributed by atoms with Crippen molar-refractivity contribution in [3.63, 3.8) is 0 Å². The maximum atomic E-state index is 13.0. The van der Waals surface area contributed by atoms with Gasteiger partial charge in [0.2, 0.25) is 0 Å². The molecule has 0 radical (unpaired) electrons. The van der Waals surface area contributed by atoms with Gasteiger partial charge in [-0.2, -0.15) is 0 Å². The number of aryl methyl sites for hydroxylation is 1. The van der Waals surface area contributed by atoms with Gasteiger partial charge in [-0.05, 0) is 56.6 Å². The highest BCUT2D eigenvalue weighted by molar-refractivity contribution is 6.32. The standard InChI is InChI=1S/C24H32ClN3O2/c1-18-8-7-11-21(23(18)25)22(17-30-16-19-9-5-4-6-10-19)26-24(29)28(3)20-12-14-27(2)15-13-20/h4-11,20,22H,12-17H2,1-3H3,(H,26,29)/t22-/m0/s1. The van der Waals surface area contributed by atoms with Crippen LogP contribution < -0.4 is 5.32 Å². The van der Waals surface area contributed by atoms with Gasteiger partial charge in [-0.3, -0.25) is 0 Å². The fraction of sp³-hybridized carbons (Fsp3) is 0.458. The van der Waals surface area contributed by atoms with E-state index in [4.69, 9.17) is 16.3 Å². The number of ether oxygens (including phenoxy) is 1. The van der Waals surface area contributed by atoms with E-state index in [1.807, 2.05) is 67.4 Å². The summed E-state index contributed by atoms with van der Waals surface area (Å²) in [5, 5.41) is 3.83. The summed E-state index contributed by atoms with van der Waals surface area (Å²) < 4.78 is 5.97. The topological polar surface area (TPSA) is 44.8 Å². The maximum absolute atomic E-state index is 13.0. The van der Waals surface area contributed by atoms with Gasteiger partial charge in [0.25, 0.3) is 0 Å². The maximum Gasteiger partial charge on any atom is 0.317 e. The molecule has 5 nitrogen and oxygen atoms in total. The first-order valence-electron chi connectivity index (χ1n) is 10.5. The number of carbonyl (C=O) groups excluding carboxylic acids is 1. The zero-order valence-corrected chi connectivity index (χ0v) is 18.9. The van der Waals surface area contributed by atoms with Gasteiger partial charge in [0.15, 0.2) is 0 Å². The Labute approximate surface area is 185 Å². The predicted octanol–water partition coefficient (Wildman–Crippen LogP) is 4.64. The van der Waals surface area contributed by atoms with Crippen LogP contribution in [0, 0.1) is 6.92 Å². The molecule has 0 spiro atoms. The predicted molar refractivity (Wildman–Crippen MR) is 122 cm³/mol. The summed E-state index contributed by atoms with van der Waals surface area (Å²) in [6.07, 6.45) is 1.97. The normalized spacial score (nSPS) is 16.3. The lowest BCUT2D eigenvalue weighted by Crippen LogP contribution is -2.49. The van der Waals surface area contributed by atoms with Crippen molar-refractivity contribution in [2.24, 2.45) is 0 Å². The Morgan fingerprint density at radius 2 is 1.90 bits per heavy atom. The molecule has 0 bridgehead atoms. The highest BCUT2D eigenvalue weighted by atomic mass is 35.5. The van der Waals surface area contributed by atoms with Gasteiger partial charge in [0.1, 0.15) is 0 Å². The molecule has 0 aliphatic carbocycles. The van der Waals surface area contributed by atoms with Gasteiger partial charge in [-0.25, -0.2) is 4.79 Å². The van der Waals surface area contributed by atoms with Crippen LogP contribution in [0.3, 0.4) is 0 Å². The molecule has 1 aliphatic heterocycles. The Hall–Kier alpha value is -2.08. The lowest BCUT2D eigenvalue weighted by Gasteiger charge is -2.36. The van der Waals surface area contributed by atoms with Gasteiger partial charge < -0.3 is 19.9 Å². The smallest absolute Gasteiger partial charge is 0.317 e. The van der Waals surface area contributed by atoms with E-state index in [9.17, 15) is 4.79 Å². The molecule has 1 N–H and O–H groups in total. The SMILES string of the molecule is Cc1cccc([C@H](COCc2ccccc2)NC(=O)N(C)C2CCN(C)CC2)c1Cl. The van der Waals surface area contributed by atoms with Crippen molar-refractivity contribution in [3.05, 3.63) is 70.2 Å². The third-order valence-corrected chi connectivity index (χ3v) is 6.36. The molecule has 3 rings (SSSR count). The molecule has 1 atom stereocenters. The zero-order chi connectivity index (χ0) is 21.5. The van der Waals surface area contributed by atoms with Crippen molar-refractivity contribution in [3.8, 4) is 0 Å². The molecule has 1 fully saturated rings. The summed E-state index contributed by atoms with van der Waals surface area (Å²) in [5.41, 5.74) is 2.97. The number of benzene rings is 2. The van der Waals surface area contributed by atoms with Gasteiger partial charge in [0, 0.05) is 18.1 Å². The van der Waals surface area contributed by atoms with E-state index < -0.39 is 0 Å². The summed E-state index contributed by atoms with van der Waals surface area (Å²) in [6.45, 7) is 4.83. The van der Waals surface area contributed by atoms with Crippen molar-refractivity contribution >= 4 is 17.6 Å². The Morgan fingerprint density at radius 1 is 1.20 bits per heavy atom. The zero-order valence-electron chi connectivity index (χ0n) is 18.1. The molecular formula is C24H32ClN3O2. The molecule has 1 heterocycles. The van der Waals surface area contributed by atoms with Crippen LogP contribution in [0.2, 0.25) is 5.02 Å². The first-order chi connectivity index (χ1) is 14.5. The molecule has 0 aromatic heterocycles. The van der Waals surface area contributed by atoms with E-state index >= 15 is 0 Å². The van der Waals surface area contributed by atoms with E-state index in [0.717, 1.165) is 42.6 Å². The summed E-state index contributed by atoms with van der Waals surface area (Å²) >= 11 is 6.59. The second kappa shape index (κ2) is 10.8. The first kappa shape index (κ1) is 22.6. The Morgan fingerprint density at radius 3 is 2.60 bits per heavy atom. The molecule has 2 amide bonds. The van der Waals surface area contributed by atoms with Gasteiger partial charge in [0.05, 0.1) is 19.3 Å². The number of piperidine rings is 1. The number of halogens is 1. The van der Waals surface area contributed by atoms with Crippen molar-refractivity contribution in [1.82, 2.24) is 15.1 Å². The summed E-state index contributed by atoms with van der Waals surface area (Å²) in [5.74, 6) is 0. The number of hydrogen-bond acceptors (Lipinski definition) is 3. The fourth-order valence-electron chi connectivity index (χ4n) is 3.82. The highest BCUT2D eigenvalue weighted by Gasteiger charge is 2.26. The van der Waals surface area contributed by atoms with Crippen LogP contribution in [0.25, 0.3) is 0 Å². The first-order valence-corrected chi connectivity index (χ1v) is 10.9. The van der Waals surface area contributed by atoms with Crippen LogP contribution in [0.15, 0.2) is 48.5 Å². The van der Waals surface area contributed by atoms with E-state index in [0.29, 0.717) is 18.2 Å². The molecule has 162 valence electrons. The molecule has 1 aliphatic rings. The molecule has 0 saturated carbocycles. The summed E-state index contributed by atoms with van der Waals surface area (Å²) in [7, 11) is 4.00. The third-order valence-electron chi connectivity index (χ3n) is 5.85. The second-order valence-electron chi connectivity index (χ2n) is 8.13. The fourth-order valence-corrected chi connectivity index (χ4v) is 4.07. The number of hydrogen-bond donors (Lipinski definition) is 1. The Kier molecular flexibility index (Phi) is 8.14. The second-order valence-corrected chi connectivity index (χ2v) is 8.50. The van der Waals surface area contributed by atoms with Crippen LogP contribution in [0.4, 0.5) is 4.79 Å². The minimum absolute atomic E-state index is 0.0876. The Bertz CT molecular complexity index is 822. The number of rotatable bonds is 7. The molecule has 30 heavy (non-hydrogen) atoms. The molecule has 2 aromatic carbocycles. The number of amides is 2. The van der Waals surface area contributed by atoms with Crippen LogP contribution >= 0.6 is 11.6 Å². The lowest BCUT2D eigenvalue weighted by molar-refractivity contribution is 0.0946. The van der Waals surface area contributed by atoms with E-state index in [1.165, 1.54) is 0 Å². The summed E-state index contributed by atoms with van der Waals surface area (Å²) in [4.78, 5) is 17.2. The van der Waals surface area contributed by atoms with Crippen molar-refractivity contribution < 1.29 is 9.53 Å². The highest BCUT2D eigenvalue weighted by Crippen LogP contribution is 2.27. The largest absolute Gasteiger partial charge is 0.374 e. The average molecular weight is 430 g/mol. The number of nitrogens with one attached hydrogen (secondary N) is 1. The van der Waals surface area contributed by atoms with Gasteiger partial charge >= 0.3 is 6.03 Å². The minimum Gasteiger partial charge on any atom is -0.374 e. The number of likely N-dealkylation sites (tertiary alicyclic amines) is 1. The van der Waals surface area contributed by atoms with E-state index in [1.54, 1.807) is 0 Å². The molecule has 0 unspecified atom stereocenters. The van der Waals surface area contributed by atoms with Gasteiger partial charge in [-0.1, -0.05) is 60.1 Å². The van der Waals surface area contributed by atoms with Crippen molar-refractivity contribution in [2.75, 3.05) is 33.8 Å². The minimum atomic E-state index is -0.317. The van der Waals surface area contributed by atoms with Crippen LogP contribution in [0.5, 0.6) is 0 Å². The van der Waals surface area contributed by atoms with Crippen molar-refractivity contribution in [1.29, 1.82) is 0 Å². The molecule has 1 saturated heterocycles. The van der Waals surface area contributed by atoms with E-state index in [2.05, 4.69) is 17.3 Å². The molecular weight excluding hydrogens is 398 g/mol. The van der Waals surface area contributed by atoms with Crippen LogP contribution in [0.1, 0.15) is 35.6 Å². The third kappa shape index (κ3) is 5.97. The number of urea groups is 1. The number of carbonyl (C=O) groups is 1. The number of nitrogens with zero attached hydrogens (tertiary/aromatic N) is 2. The molecule has 6 heteroatoms. The summed E-state index contributed by atoms with van der Waals surface area (Å²) in [6, 6.07) is 15.8. The van der Waals surface area contributed by atoms with Crippen LogP contribution in [-0.2, 0) is 11.3 Å². The average Bonchev–Trinajstić information content (AvgIpc) is 2.76. The van der Waals surface area contributed by atoms with Crippen LogP contribution in [-0.4, -0.2) is 55.7 Å². The van der Waals surface area contributed by atoms with Crippen molar-refractivity contribution in [2.45, 2.75) is 38.5 Å². The van der Waals surface area contributed by atoms with Gasteiger partial charge in [-0.15, -0.1) is 0 Å². The Balaban J connectivity index is 1.68. The quantitative estimate of drug-likeness (QED) is 0.697. The molecule has 2 aromatic rings. The lowest BCUT2D eigenvalue weighted by atomic mass is 10.0. The monoisotopic (exact) mass is 429 g/mol. The van der Waals surface area contributed by atoms with E-state index in [-0.39, 0.29) is 18.1 Å².